The van der Waals surface area contributed by atoms with Gasteiger partial charge >= 0.3 is 0 Å². The second kappa shape index (κ2) is 7.21. The van der Waals surface area contributed by atoms with Crippen molar-refractivity contribution in [3.63, 3.8) is 0 Å². The maximum Gasteiger partial charge on any atom is 0.0372 e. The molecule has 0 amide bonds. The predicted molar refractivity (Wildman–Crippen MR) is 86.3 cm³/mol. The van der Waals surface area contributed by atoms with Crippen LogP contribution in [0.1, 0.15) is 25.7 Å². The highest BCUT2D eigenvalue weighted by atomic mass is 15.3. The van der Waals surface area contributed by atoms with Crippen LogP contribution in [0.2, 0.25) is 0 Å². The van der Waals surface area contributed by atoms with Crippen LogP contribution in [0.15, 0.2) is 0 Å². The molecular weight excluding hydrogens is 248 g/mol. The highest BCUT2D eigenvalue weighted by Crippen LogP contribution is 2.24. The Morgan fingerprint density at radius 3 is 2.30 bits per heavy atom. The van der Waals surface area contributed by atoms with Crippen molar-refractivity contribution >= 4 is 0 Å². The highest BCUT2D eigenvalue weighted by molar-refractivity contribution is 4.92. The average molecular weight is 282 g/mol. The molecule has 4 heteroatoms. The maximum absolute atomic E-state index is 2.75. The Kier molecular flexibility index (Phi) is 5.84. The average Bonchev–Trinajstić information content (AvgIpc) is 2.95. The van der Waals surface area contributed by atoms with Crippen LogP contribution in [-0.4, -0.2) is 99.1 Å². The van der Waals surface area contributed by atoms with Crippen molar-refractivity contribution in [3.8, 4) is 0 Å². The van der Waals surface area contributed by atoms with Gasteiger partial charge in [0.15, 0.2) is 0 Å². The minimum absolute atomic E-state index is 0.672. The summed E-state index contributed by atoms with van der Waals surface area (Å²) in [5.41, 5.74) is 0. The molecule has 2 rings (SSSR count). The molecule has 1 unspecified atom stereocenters. The van der Waals surface area contributed by atoms with E-state index in [9.17, 15) is 0 Å². The van der Waals surface area contributed by atoms with Gasteiger partial charge in [-0.3, -0.25) is 4.90 Å². The Labute approximate surface area is 125 Å². The van der Waals surface area contributed by atoms with E-state index in [0.717, 1.165) is 12.1 Å². The van der Waals surface area contributed by atoms with Crippen LogP contribution in [0, 0.1) is 0 Å². The predicted octanol–water partition coefficient (Wildman–Crippen LogP) is 1.04. The molecule has 3 atom stereocenters. The van der Waals surface area contributed by atoms with Gasteiger partial charge < -0.3 is 14.7 Å². The number of likely N-dealkylation sites (N-methyl/N-ethyl adjacent to an activating group) is 3. The number of nitrogens with zero attached hydrogens (tertiary/aromatic N) is 4. The smallest absolute Gasteiger partial charge is 0.0372 e. The fourth-order valence-electron chi connectivity index (χ4n) is 4.06. The summed E-state index contributed by atoms with van der Waals surface area (Å²) in [6, 6.07) is 2.18. The largest absolute Gasteiger partial charge is 0.308 e. The van der Waals surface area contributed by atoms with Crippen LogP contribution >= 0.6 is 0 Å². The molecular formula is C16H34N4. The molecule has 0 bridgehead atoms. The molecule has 2 aliphatic heterocycles. The van der Waals surface area contributed by atoms with E-state index in [4.69, 9.17) is 0 Å². The number of hydrogen-bond acceptors (Lipinski definition) is 4. The molecule has 0 radical (unpaired) electrons. The number of likely N-dealkylation sites (tertiary alicyclic amines) is 2. The minimum Gasteiger partial charge on any atom is -0.308 e. The molecule has 0 saturated carbocycles. The first-order valence-corrected chi connectivity index (χ1v) is 8.24. The molecule has 0 aromatic carbocycles. The first-order valence-electron chi connectivity index (χ1n) is 8.24. The van der Waals surface area contributed by atoms with Crippen LogP contribution < -0.4 is 0 Å². The quantitative estimate of drug-likeness (QED) is 0.721. The van der Waals surface area contributed by atoms with E-state index in [-0.39, 0.29) is 0 Å². The van der Waals surface area contributed by atoms with Crippen molar-refractivity contribution in [3.05, 3.63) is 0 Å². The van der Waals surface area contributed by atoms with Gasteiger partial charge in [0, 0.05) is 31.2 Å². The summed E-state index contributed by atoms with van der Waals surface area (Å²) in [5.74, 6) is 0. The molecule has 2 saturated heterocycles. The summed E-state index contributed by atoms with van der Waals surface area (Å²) < 4.78 is 0. The van der Waals surface area contributed by atoms with E-state index < -0.39 is 0 Å². The van der Waals surface area contributed by atoms with Crippen molar-refractivity contribution < 1.29 is 0 Å². The lowest BCUT2D eigenvalue weighted by Gasteiger charge is -2.38. The summed E-state index contributed by atoms with van der Waals surface area (Å²) in [6.45, 7) is 5.01. The third kappa shape index (κ3) is 3.94. The fourth-order valence-corrected chi connectivity index (χ4v) is 4.06. The van der Waals surface area contributed by atoms with Gasteiger partial charge in [-0.05, 0) is 74.0 Å². The minimum atomic E-state index is 0.672. The van der Waals surface area contributed by atoms with E-state index in [0.29, 0.717) is 6.04 Å². The molecule has 0 aromatic heterocycles. The van der Waals surface area contributed by atoms with Gasteiger partial charge in [-0.15, -0.1) is 0 Å². The fraction of sp³-hybridized carbons (Fsp3) is 1.00. The molecule has 0 aliphatic carbocycles. The Morgan fingerprint density at radius 1 is 1.05 bits per heavy atom. The summed E-state index contributed by atoms with van der Waals surface area (Å²) in [5, 5.41) is 0. The summed E-state index contributed by atoms with van der Waals surface area (Å²) in [7, 11) is 11.2. The lowest BCUT2D eigenvalue weighted by molar-refractivity contribution is 0.102. The molecule has 0 aromatic rings. The molecule has 0 spiro atoms. The Bertz CT molecular complexity index is 292. The van der Waals surface area contributed by atoms with Crippen LogP contribution in [0.5, 0.6) is 0 Å². The summed E-state index contributed by atoms with van der Waals surface area (Å²) in [6.07, 6.45) is 5.48. The van der Waals surface area contributed by atoms with E-state index in [1.54, 1.807) is 0 Å². The lowest BCUT2D eigenvalue weighted by atomic mass is 10.0. The van der Waals surface area contributed by atoms with Crippen LogP contribution in [0.25, 0.3) is 0 Å². The molecule has 2 fully saturated rings. The molecule has 118 valence electrons. The molecule has 0 N–H and O–H groups in total. The van der Waals surface area contributed by atoms with Crippen molar-refractivity contribution in [1.82, 2.24) is 19.6 Å². The third-order valence-electron chi connectivity index (χ3n) is 5.18. The zero-order valence-corrected chi connectivity index (χ0v) is 14.2. The zero-order valence-electron chi connectivity index (χ0n) is 14.2. The summed E-state index contributed by atoms with van der Waals surface area (Å²) >= 11 is 0. The van der Waals surface area contributed by atoms with Gasteiger partial charge in [-0.1, -0.05) is 0 Å². The van der Waals surface area contributed by atoms with Crippen molar-refractivity contribution in [2.75, 3.05) is 61.4 Å². The molecule has 2 heterocycles. The Morgan fingerprint density at radius 2 is 1.75 bits per heavy atom. The van der Waals surface area contributed by atoms with Crippen LogP contribution in [0.3, 0.4) is 0 Å². The second-order valence-electron chi connectivity index (χ2n) is 7.27. The molecule has 4 nitrogen and oxygen atoms in total. The first kappa shape index (κ1) is 16.2. The molecule has 2 aliphatic rings. The van der Waals surface area contributed by atoms with Gasteiger partial charge in [-0.2, -0.15) is 0 Å². The van der Waals surface area contributed by atoms with E-state index in [2.05, 4.69) is 54.8 Å². The number of hydrogen-bond donors (Lipinski definition) is 0. The van der Waals surface area contributed by atoms with Crippen molar-refractivity contribution in [2.45, 2.75) is 43.8 Å². The van der Waals surface area contributed by atoms with Crippen molar-refractivity contribution in [2.24, 2.45) is 0 Å². The van der Waals surface area contributed by atoms with Gasteiger partial charge in [0.05, 0.1) is 0 Å². The standard InChI is InChI=1S/C16H34N4/c1-17(2)12-14-8-6-11-20(14)13-16(18(3)4)15-9-7-10-19(15)5/h14-16H,6-13H2,1-5H3/t14-,15+,16?/m0/s1. The first-order chi connectivity index (χ1) is 9.49. The SMILES string of the molecule is CN(C)C[C@@H]1CCCN1CC([C@H]1CCCN1C)N(C)C. The highest BCUT2D eigenvalue weighted by Gasteiger charge is 2.34. The summed E-state index contributed by atoms with van der Waals surface area (Å²) in [4.78, 5) is 10.1. The van der Waals surface area contributed by atoms with E-state index >= 15 is 0 Å². The zero-order chi connectivity index (χ0) is 14.7. The topological polar surface area (TPSA) is 13.0 Å². The van der Waals surface area contributed by atoms with Gasteiger partial charge in [0.25, 0.3) is 0 Å². The maximum atomic E-state index is 2.75. The van der Waals surface area contributed by atoms with Gasteiger partial charge in [0.1, 0.15) is 0 Å². The van der Waals surface area contributed by atoms with Crippen LogP contribution in [-0.2, 0) is 0 Å². The Balaban J connectivity index is 1.96. The normalized spacial score (nSPS) is 30.8. The van der Waals surface area contributed by atoms with E-state index in [1.807, 2.05) is 0 Å². The Hall–Kier alpha value is -0.160. The number of rotatable bonds is 6. The van der Waals surface area contributed by atoms with Crippen molar-refractivity contribution in [1.29, 1.82) is 0 Å². The van der Waals surface area contributed by atoms with Crippen LogP contribution in [0.4, 0.5) is 0 Å². The van der Waals surface area contributed by atoms with Gasteiger partial charge in [0.2, 0.25) is 0 Å². The second-order valence-corrected chi connectivity index (χ2v) is 7.27. The van der Waals surface area contributed by atoms with E-state index in [1.165, 1.54) is 51.9 Å². The molecule has 20 heavy (non-hydrogen) atoms. The monoisotopic (exact) mass is 282 g/mol. The van der Waals surface area contributed by atoms with Gasteiger partial charge in [-0.25, -0.2) is 0 Å². The lowest BCUT2D eigenvalue weighted by Crippen LogP contribution is -2.53. The third-order valence-corrected chi connectivity index (χ3v) is 5.18.